The zero-order chi connectivity index (χ0) is 23.2. The Kier molecular flexibility index (Phi) is 7.43. The molecule has 2 saturated heterocycles. The molecule has 2 aliphatic heterocycles. The summed E-state index contributed by atoms with van der Waals surface area (Å²) < 4.78 is 12.4. The SMILES string of the molecule is Cc1c(Oc2cccc(/C=C3/CNCS3)c2)ncnc1OC1CCN(Cc2ccccc2)CC1. The van der Waals surface area contributed by atoms with E-state index in [0.717, 1.165) is 61.8 Å². The van der Waals surface area contributed by atoms with Gasteiger partial charge in [0.25, 0.3) is 0 Å². The van der Waals surface area contributed by atoms with Gasteiger partial charge in [0.15, 0.2) is 0 Å². The van der Waals surface area contributed by atoms with Gasteiger partial charge in [-0.2, -0.15) is 0 Å². The van der Waals surface area contributed by atoms with Crippen LogP contribution in [0.15, 0.2) is 65.8 Å². The Morgan fingerprint density at radius 2 is 1.88 bits per heavy atom. The summed E-state index contributed by atoms with van der Waals surface area (Å²) in [5.41, 5.74) is 3.30. The van der Waals surface area contributed by atoms with Crippen LogP contribution in [0.2, 0.25) is 0 Å². The molecular formula is C27H30N4O2S. The van der Waals surface area contributed by atoms with Crippen molar-refractivity contribution in [2.45, 2.75) is 32.4 Å². The first-order chi connectivity index (χ1) is 16.7. The first-order valence-corrected chi connectivity index (χ1v) is 12.8. The van der Waals surface area contributed by atoms with Crippen LogP contribution in [0, 0.1) is 6.92 Å². The van der Waals surface area contributed by atoms with E-state index in [4.69, 9.17) is 9.47 Å². The molecule has 0 atom stereocenters. The minimum Gasteiger partial charge on any atom is -0.474 e. The predicted octanol–water partition coefficient (Wildman–Crippen LogP) is 5.26. The highest BCUT2D eigenvalue weighted by Gasteiger charge is 2.22. The van der Waals surface area contributed by atoms with Crippen molar-refractivity contribution in [2.75, 3.05) is 25.5 Å². The van der Waals surface area contributed by atoms with Crippen molar-refractivity contribution in [2.24, 2.45) is 0 Å². The fourth-order valence-electron chi connectivity index (χ4n) is 4.25. The van der Waals surface area contributed by atoms with Crippen LogP contribution in [-0.4, -0.2) is 46.5 Å². The Morgan fingerprint density at radius 1 is 1.06 bits per heavy atom. The molecule has 2 aromatic carbocycles. The van der Waals surface area contributed by atoms with Gasteiger partial charge in [0.1, 0.15) is 18.2 Å². The summed E-state index contributed by atoms with van der Waals surface area (Å²) in [7, 11) is 0. The van der Waals surface area contributed by atoms with Crippen molar-refractivity contribution >= 4 is 17.8 Å². The molecule has 0 amide bonds. The number of ether oxygens (including phenoxy) is 2. The maximum Gasteiger partial charge on any atom is 0.229 e. The molecule has 1 aromatic heterocycles. The van der Waals surface area contributed by atoms with Crippen LogP contribution >= 0.6 is 11.8 Å². The lowest BCUT2D eigenvalue weighted by molar-refractivity contribution is 0.0922. The topological polar surface area (TPSA) is 59.5 Å². The van der Waals surface area contributed by atoms with Crippen LogP contribution in [0.4, 0.5) is 0 Å². The minimum absolute atomic E-state index is 0.154. The lowest BCUT2D eigenvalue weighted by atomic mass is 10.1. The number of benzene rings is 2. The van der Waals surface area contributed by atoms with E-state index in [0.29, 0.717) is 11.8 Å². The van der Waals surface area contributed by atoms with Crippen LogP contribution < -0.4 is 14.8 Å². The molecule has 6 nitrogen and oxygen atoms in total. The van der Waals surface area contributed by atoms with E-state index in [1.807, 2.05) is 36.9 Å². The zero-order valence-electron chi connectivity index (χ0n) is 19.4. The zero-order valence-corrected chi connectivity index (χ0v) is 20.3. The van der Waals surface area contributed by atoms with E-state index >= 15 is 0 Å². The Balaban J connectivity index is 1.19. The van der Waals surface area contributed by atoms with Gasteiger partial charge in [-0.15, -0.1) is 11.8 Å². The molecule has 2 fully saturated rings. The van der Waals surface area contributed by atoms with Crippen LogP contribution in [0.5, 0.6) is 17.5 Å². The van der Waals surface area contributed by atoms with Gasteiger partial charge in [-0.25, -0.2) is 9.97 Å². The Morgan fingerprint density at radius 3 is 2.68 bits per heavy atom. The van der Waals surface area contributed by atoms with Gasteiger partial charge in [-0.1, -0.05) is 42.5 Å². The number of likely N-dealkylation sites (tertiary alicyclic amines) is 1. The number of aromatic nitrogens is 2. The number of nitrogens with one attached hydrogen (secondary N) is 1. The normalized spacial score (nSPS) is 18.3. The molecule has 3 heterocycles. The molecule has 176 valence electrons. The van der Waals surface area contributed by atoms with Gasteiger partial charge in [0, 0.05) is 37.0 Å². The second-order valence-corrected chi connectivity index (χ2v) is 9.79. The van der Waals surface area contributed by atoms with Crippen molar-refractivity contribution < 1.29 is 9.47 Å². The van der Waals surface area contributed by atoms with Crippen LogP contribution in [0.3, 0.4) is 0 Å². The van der Waals surface area contributed by atoms with E-state index in [2.05, 4.69) is 62.7 Å². The third kappa shape index (κ3) is 5.97. The summed E-state index contributed by atoms with van der Waals surface area (Å²) in [6, 6.07) is 18.7. The highest BCUT2D eigenvalue weighted by Crippen LogP contribution is 2.30. The number of thioether (sulfide) groups is 1. The van der Waals surface area contributed by atoms with Crippen molar-refractivity contribution in [1.82, 2.24) is 20.2 Å². The summed E-state index contributed by atoms with van der Waals surface area (Å²) in [5.74, 6) is 2.87. The van der Waals surface area contributed by atoms with E-state index in [1.54, 1.807) is 0 Å². The summed E-state index contributed by atoms with van der Waals surface area (Å²) in [6.07, 6.45) is 5.84. The maximum absolute atomic E-state index is 6.30. The molecule has 0 unspecified atom stereocenters. The third-order valence-electron chi connectivity index (χ3n) is 6.11. The van der Waals surface area contributed by atoms with Gasteiger partial charge in [0.05, 0.1) is 5.56 Å². The first-order valence-electron chi connectivity index (χ1n) is 11.8. The van der Waals surface area contributed by atoms with Gasteiger partial charge >= 0.3 is 0 Å². The quantitative estimate of drug-likeness (QED) is 0.501. The molecule has 0 spiro atoms. The number of piperidine rings is 1. The molecule has 5 rings (SSSR count). The molecule has 0 aliphatic carbocycles. The van der Waals surface area contributed by atoms with Crippen molar-refractivity contribution in [3.8, 4) is 17.5 Å². The van der Waals surface area contributed by atoms with Gasteiger partial charge in [0.2, 0.25) is 11.8 Å². The third-order valence-corrected chi connectivity index (χ3v) is 7.09. The monoisotopic (exact) mass is 474 g/mol. The molecule has 34 heavy (non-hydrogen) atoms. The van der Waals surface area contributed by atoms with Gasteiger partial charge < -0.3 is 14.8 Å². The van der Waals surface area contributed by atoms with E-state index < -0.39 is 0 Å². The Hall–Kier alpha value is -2.87. The fraction of sp³-hybridized carbons (Fsp3) is 0.333. The molecule has 0 saturated carbocycles. The molecule has 1 N–H and O–H groups in total. The minimum atomic E-state index is 0.154. The summed E-state index contributed by atoms with van der Waals surface area (Å²) in [5, 5.41) is 3.34. The van der Waals surface area contributed by atoms with Gasteiger partial charge in [-0.3, -0.25) is 4.90 Å². The average Bonchev–Trinajstić information content (AvgIpc) is 3.37. The summed E-state index contributed by atoms with van der Waals surface area (Å²) in [4.78, 5) is 12.6. The maximum atomic E-state index is 6.30. The van der Waals surface area contributed by atoms with Crippen molar-refractivity contribution in [3.05, 3.63) is 82.5 Å². The first kappa shape index (κ1) is 22.9. The molecule has 7 heteroatoms. The predicted molar refractivity (Wildman–Crippen MR) is 137 cm³/mol. The number of hydrogen-bond donors (Lipinski definition) is 1. The number of nitrogens with zero attached hydrogens (tertiary/aromatic N) is 3. The van der Waals surface area contributed by atoms with Gasteiger partial charge in [-0.05, 0) is 49.1 Å². The standard InChI is InChI=1S/C27H30N4O2S/c1-20-26(32-23-10-12-31(13-11-23)17-21-6-3-2-4-7-21)29-18-30-27(20)33-24-9-5-8-22(14-24)15-25-16-28-19-34-25/h2-9,14-15,18,23,28H,10-13,16-17,19H2,1H3/b25-15-. The van der Waals surface area contributed by atoms with Crippen LogP contribution in [-0.2, 0) is 6.54 Å². The Labute approximate surface area is 205 Å². The van der Waals surface area contributed by atoms with Crippen molar-refractivity contribution in [3.63, 3.8) is 0 Å². The van der Waals surface area contributed by atoms with Crippen molar-refractivity contribution in [1.29, 1.82) is 0 Å². The number of rotatable bonds is 7. The summed E-state index contributed by atoms with van der Waals surface area (Å²) >= 11 is 1.84. The van der Waals surface area contributed by atoms with Crippen LogP contribution in [0.1, 0.15) is 29.5 Å². The lowest BCUT2D eigenvalue weighted by Crippen LogP contribution is -2.38. The lowest BCUT2D eigenvalue weighted by Gasteiger charge is -2.32. The smallest absolute Gasteiger partial charge is 0.229 e. The van der Waals surface area contributed by atoms with Crippen LogP contribution in [0.25, 0.3) is 6.08 Å². The second-order valence-electron chi connectivity index (χ2n) is 8.69. The molecule has 3 aromatic rings. The van der Waals surface area contributed by atoms with E-state index in [9.17, 15) is 0 Å². The van der Waals surface area contributed by atoms with E-state index in [1.165, 1.54) is 16.8 Å². The fourth-order valence-corrected chi connectivity index (χ4v) is 5.07. The molecule has 0 bridgehead atoms. The van der Waals surface area contributed by atoms with E-state index in [-0.39, 0.29) is 6.10 Å². The highest BCUT2D eigenvalue weighted by molar-refractivity contribution is 8.03. The summed E-state index contributed by atoms with van der Waals surface area (Å²) in [6.45, 7) is 5.91. The highest BCUT2D eigenvalue weighted by atomic mass is 32.2. The molecule has 0 radical (unpaired) electrons. The average molecular weight is 475 g/mol. The second kappa shape index (κ2) is 11.0. The largest absolute Gasteiger partial charge is 0.474 e. The molecule has 2 aliphatic rings. The number of hydrogen-bond acceptors (Lipinski definition) is 7. The Bertz CT molecular complexity index is 1120. The molecular weight excluding hydrogens is 444 g/mol.